The molecule has 3 N–H and O–H groups in total. The predicted octanol–water partition coefficient (Wildman–Crippen LogP) is 2.71. The van der Waals surface area contributed by atoms with Crippen molar-refractivity contribution in [3.05, 3.63) is 24.0 Å². The molecule has 0 spiro atoms. The first-order valence-electron chi connectivity index (χ1n) is 6.19. The molecule has 1 fully saturated rings. The van der Waals surface area contributed by atoms with E-state index in [1.54, 1.807) is 6.20 Å². The van der Waals surface area contributed by atoms with Crippen LogP contribution >= 0.6 is 12.2 Å². The summed E-state index contributed by atoms with van der Waals surface area (Å²) in [5.41, 5.74) is 7.32. The monoisotopic (exact) mass is 249 g/mol. The van der Waals surface area contributed by atoms with Crippen LogP contribution in [0.3, 0.4) is 0 Å². The lowest BCUT2D eigenvalue weighted by atomic mass is 9.99. The molecule has 1 atom stereocenters. The van der Waals surface area contributed by atoms with Gasteiger partial charge in [0.2, 0.25) is 0 Å². The van der Waals surface area contributed by atoms with Crippen LogP contribution in [0.5, 0.6) is 0 Å². The largest absolute Gasteiger partial charge is 0.388 e. The highest BCUT2D eigenvalue weighted by atomic mass is 32.1. The molecule has 17 heavy (non-hydrogen) atoms. The number of anilines is 1. The van der Waals surface area contributed by atoms with Gasteiger partial charge >= 0.3 is 0 Å². The van der Waals surface area contributed by atoms with Gasteiger partial charge in [0.15, 0.2) is 0 Å². The minimum atomic E-state index is 0.349. The van der Waals surface area contributed by atoms with E-state index in [1.807, 2.05) is 12.1 Å². The maximum absolute atomic E-state index is 5.58. The molecule has 1 saturated carbocycles. The summed E-state index contributed by atoms with van der Waals surface area (Å²) in [6.45, 7) is 2.25. The van der Waals surface area contributed by atoms with Crippen LogP contribution in [0.1, 0.15) is 38.3 Å². The highest BCUT2D eigenvalue weighted by Crippen LogP contribution is 2.29. The Morgan fingerprint density at radius 2 is 2.24 bits per heavy atom. The maximum Gasteiger partial charge on any atom is 0.122 e. The van der Waals surface area contributed by atoms with E-state index >= 15 is 0 Å². The topological polar surface area (TPSA) is 50.9 Å². The highest BCUT2D eigenvalue weighted by molar-refractivity contribution is 7.80. The summed E-state index contributed by atoms with van der Waals surface area (Å²) in [5.74, 6) is 0.788. The third-order valence-electron chi connectivity index (χ3n) is 3.51. The summed E-state index contributed by atoms with van der Waals surface area (Å²) >= 11 is 4.93. The van der Waals surface area contributed by atoms with Crippen molar-refractivity contribution in [3.63, 3.8) is 0 Å². The van der Waals surface area contributed by atoms with Crippen LogP contribution in [0.15, 0.2) is 18.3 Å². The molecule has 3 nitrogen and oxygen atoms in total. The number of nitrogens with one attached hydrogen (secondary N) is 1. The lowest BCUT2D eigenvalue weighted by Crippen LogP contribution is -2.24. The molecular weight excluding hydrogens is 230 g/mol. The van der Waals surface area contributed by atoms with Gasteiger partial charge in [-0.25, -0.2) is 0 Å². The van der Waals surface area contributed by atoms with E-state index in [4.69, 9.17) is 18.0 Å². The van der Waals surface area contributed by atoms with E-state index in [2.05, 4.69) is 17.2 Å². The fourth-order valence-electron chi connectivity index (χ4n) is 2.49. The Labute approximate surface area is 108 Å². The lowest BCUT2D eigenvalue weighted by molar-refractivity contribution is 0.482. The molecule has 1 aliphatic rings. The highest BCUT2D eigenvalue weighted by Gasteiger charge is 2.21. The normalized spacial score (nSPS) is 17.9. The van der Waals surface area contributed by atoms with Gasteiger partial charge in [0.05, 0.1) is 5.69 Å². The average molecular weight is 249 g/mol. The fraction of sp³-hybridized carbons (Fsp3) is 0.538. The van der Waals surface area contributed by atoms with Gasteiger partial charge < -0.3 is 11.1 Å². The third-order valence-corrected chi connectivity index (χ3v) is 3.72. The summed E-state index contributed by atoms with van der Waals surface area (Å²) in [4.78, 5) is 4.49. The van der Waals surface area contributed by atoms with Crippen LogP contribution in [0.2, 0.25) is 0 Å². The van der Waals surface area contributed by atoms with Crippen molar-refractivity contribution >= 4 is 22.9 Å². The molecule has 1 aromatic heterocycles. The number of rotatable bonds is 4. The molecule has 1 aliphatic carbocycles. The predicted molar refractivity (Wildman–Crippen MR) is 75.2 cm³/mol. The summed E-state index contributed by atoms with van der Waals surface area (Å²) in [6.07, 6.45) is 7.15. The molecule has 0 amide bonds. The zero-order chi connectivity index (χ0) is 12.3. The molecule has 1 aromatic rings. The van der Waals surface area contributed by atoms with Gasteiger partial charge in [0.25, 0.3) is 0 Å². The van der Waals surface area contributed by atoms with E-state index < -0.39 is 0 Å². The van der Waals surface area contributed by atoms with Crippen LogP contribution in [0, 0.1) is 5.92 Å². The van der Waals surface area contributed by atoms with Gasteiger partial charge in [-0.15, -0.1) is 0 Å². The van der Waals surface area contributed by atoms with Gasteiger partial charge in [-0.3, -0.25) is 4.98 Å². The number of nitrogens with zero attached hydrogens (tertiary/aromatic N) is 1. The fourth-order valence-corrected chi connectivity index (χ4v) is 2.60. The summed E-state index contributed by atoms with van der Waals surface area (Å²) in [6, 6.07) is 4.39. The zero-order valence-electron chi connectivity index (χ0n) is 10.1. The lowest BCUT2D eigenvalue weighted by Gasteiger charge is -2.21. The Kier molecular flexibility index (Phi) is 3.94. The van der Waals surface area contributed by atoms with Crippen molar-refractivity contribution in [2.75, 3.05) is 5.32 Å². The molecular formula is C13H19N3S. The van der Waals surface area contributed by atoms with Gasteiger partial charge in [0, 0.05) is 17.9 Å². The quantitative estimate of drug-likeness (QED) is 0.806. The second-order valence-electron chi connectivity index (χ2n) is 4.77. The summed E-state index contributed by atoms with van der Waals surface area (Å²) < 4.78 is 0. The van der Waals surface area contributed by atoms with Crippen LogP contribution in [-0.4, -0.2) is 16.0 Å². The van der Waals surface area contributed by atoms with E-state index in [1.165, 1.54) is 25.7 Å². The molecule has 0 saturated heterocycles. The molecule has 1 heterocycles. The van der Waals surface area contributed by atoms with Gasteiger partial charge in [-0.2, -0.15) is 0 Å². The first-order chi connectivity index (χ1) is 8.16. The Morgan fingerprint density at radius 1 is 1.53 bits per heavy atom. The SMILES string of the molecule is CC(Nc1ccnc(C(N)=S)c1)C1CCCC1. The number of hydrogen-bond donors (Lipinski definition) is 2. The van der Waals surface area contributed by atoms with Crippen molar-refractivity contribution in [3.8, 4) is 0 Å². The minimum absolute atomic E-state index is 0.349. The Morgan fingerprint density at radius 3 is 2.88 bits per heavy atom. The molecule has 0 bridgehead atoms. The van der Waals surface area contributed by atoms with Crippen molar-refractivity contribution in [2.45, 2.75) is 38.6 Å². The zero-order valence-corrected chi connectivity index (χ0v) is 11.0. The standard InChI is InChI=1S/C13H19N3S/c1-9(10-4-2-3-5-10)16-11-6-7-15-12(8-11)13(14)17/h6-10H,2-5H2,1H3,(H2,14,17)(H,15,16). The molecule has 0 radical (unpaired) electrons. The minimum Gasteiger partial charge on any atom is -0.388 e. The molecule has 0 aliphatic heterocycles. The maximum atomic E-state index is 5.58. The van der Waals surface area contributed by atoms with Crippen molar-refractivity contribution in [1.29, 1.82) is 0 Å². The van der Waals surface area contributed by atoms with E-state index in [9.17, 15) is 0 Å². The van der Waals surface area contributed by atoms with Crippen LogP contribution in [0.4, 0.5) is 5.69 Å². The van der Waals surface area contributed by atoms with Crippen LogP contribution in [0.25, 0.3) is 0 Å². The number of aromatic nitrogens is 1. The van der Waals surface area contributed by atoms with Crippen LogP contribution in [-0.2, 0) is 0 Å². The molecule has 92 valence electrons. The number of thiocarbonyl (C=S) groups is 1. The molecule has 2 rings (SSSR count). The van der Waals surface area contributed by atoms with E-state index in [0.717, 1.165) is 11.6 Å². The number of hydrogen-bond acceptors (Lipinski definition) is 3. The first-order valence-corrected chi connectivity index (χ1v) is 6.60. The third kappa shape index (κ3) is 3.16. The molecule has 0 aromatic carbocycles. The summed E-state index contributed by atoms with van der Waals surface area (Å²) in [5, 5.41) is 3.52. The van der Waals surface area contributed by atoms with Crippen molar-refractivity contribution < 1.29 is 0 Å². The van der Waals surface area contributed by atoms with Crippen molar-refractivity contribution in [1.82, 2.24) is 4.98 Å². The van der Waals surface area contributed by atoms with Gasteiger partial charge in [-0.05, 0) is 37.8 Å². The smallest absolute Gasteiger partial charge is 0.122 e. The number of pyridine rings is 1. The van der Waals surface area contributed by atoms with Gasteiger partial charge in [0.1, 0.15) is 4.99 Å². The first kappa shape index (κ1) is 12.3. The molecule has 4 heteroatoms. The van der Waals surface area contributed by atoms with E-state index in [-0.39, 0.29) is 0 Å². The second-order valence-corrected chi connectivity index (χ2v) is 5.21. The Bertz CT molecular complexity index is 399. The Hall–Kier alpha value is -1.16. The van der Waals surface area contributed by atoms with E-state index in [0.29, 0.717) is 16.7 Å². The number of nitrogens with two attached hydrogens (primary N) is 1. The average Bonchev–Trinajstić information content (AvgIpc) is 2.82. The van der Waals surface area contributed by atoms with Crippen LogP contribution < -0.4 is 11.1 Å². The Balaban J connectivity index is 2.02. The van der Waals surface area contributed by atoms with Crippen molar-refractivity contribution in [2.24, 2.45) is 11.7 Å². The van der Waals surface area contributed by atoms with Gasteiger partial charge in [-0.1, -0.05) is 25.1 Å². The molecule has 1 unspecified atom stereocenters. The summed E-state index contributed by atoms with van der Waals surface area (Å²) in [7, 11) is 0. The second kappa shape index (κ2) is 5.45.